The second kappa shape index (κ2) is 4.71. The first-order chi connectivity index (χ1) is 10.3. The Bertz CT molecular complexity index is 945. The molecule has 0 aliphatic heterocycles. The number of hydrogen-bond acceptors (Lipinski definition) is 5. The van der Waals surface area contributed by atoms with Crippen LogP contribution in [0.1, 0.15) is 0 Å². The Morgan fingerprint density at radius 1 is 1.05 bits per heavy atom. The van der Waals surface area contributed by atoms with Crippen molar-refractivity contribution in [2.24, 2.45) is 0 Å². The maximum atomic E-state index is 6.00. The molecule has 0 aliphatic carbocycles. The van der Waals surface area contributed by atoms with E-state index < -0.39 is 0 Å². The monoisotopic (exact) mass is 292 g/mol. The van der Waals surface area contributed by atoms with E-state index in [9.17, 15) is 0 Å². The lowest BCUT2D eigenvalue weighted by Crippen LogP contribution is -1.94. The van der Waals surface area contributed by atoms with Crippen LogP contribution < -0.4 is 11.1 Å². The van der Waals surface area contributed by atoms with Gasteiger partial charge in [-0.05, 0) is 36.4 Å². The molecule has 0 saturated carbocycles. The molecule has 0 atom stereocenters. The summed E-state index contributed by atoms with van der Waals surface area (Å²) in [5.41, 5.74) is 11.7. The van der Waals surface area contributed by atoms with Crippen LogP contribution in [-0.4, -0.2) is 9.97 Å². The molecule has 0 spiro atoms. The highest BCUT2D eigenvalue weighted by Gasteiger charge is 2.05. The van der Waals surface area contributed by atoms with E-state index >= 15 is 0 Å². The van der Waals surface area contributed by atoms with E-state index in [1.54, 1.807) is 23.7 Å². The molecule has 102 valence electrons. The summed E-state index contributed by atoms with van der Waals surface area (Å²) in [5.74, 6) is 0. The fourth-order valence-electron chi connectivity index (χ4n) is 2.41. The lowest BCUT2D eigenvalue weighted by atomic mass is 10.1. The molecule has 21 heavy (non-hydrogen) atoms. The third-order valence-electron chi connectivity index (χ3n) is 3.46. The van der Waals surface area contributed by atoms with E-state index in [1.807, 2.05) is 35.8 Å². The van der Waals surface area contributed by atoms with Gasteiger partial charge in [0, 0.05) is 40.2 Å². The number of benzene rings is 2. The van der Waals surface area contributed by atoms with Gasteiger partial charge in [0.1, 0.15) is 0 Å². The maximum Gasteiger partial charge on any atom is 0.0813 e. The summed E-state index contributed by atoms with van der Waals surface area (Å²) in [5, 5.41) is 5.48. The number of anilines is 3. The smallest absolute Gasteiger partial charge is 0.0813 e. The predicted molar refractivity (Wildman–Crippen MR) is 89.1 cm³/mol. The van der Waals surface area contributed by atoms with Gasteiger partial charge in [0.2, 0.25) is 0 Å². The topological polar surface area (TPSA) is 63.8 Å². The standard InChI is InChI=1S/C16H12N4S/c17-13-2-4-14(11-5-6-18-8-12(11)13)20-10-1-3-15-16(7-10)21-9-19-15/h1-9,20H,17H2. The molecule has 0 radical (unpaired) electrons. The first kappa shape index (κ1) is 12.1. The van der Waals surface area contributed by atoms with Crippen molar-refractivity contribution >= 4 is 49.4 Å². The van der Waals surface area contributed by atoms with Crippen molar-refractivity contribution in [3.8, 4) is 0 Å². The average Bonchev–Trinajstić information content (AvgIpc) is 2.98. The molecule has 5 heteroatoms. The molecular weight excluding hydrogens is 280 g/mol. The van der Waals surface area contributed by atoms with Crippen molar-refractivity contribution in [3.05, 3.63) is 54.3 Å². The van der Waals surface area contributed by atoms with E-state index in [-0.39, 0.29) is 0 Å². The third kappa shape index (κ3) is 2.08. The average molecular weight is 292 g/mol. The van der Waals surface area contributed by atoms with Crippen LogP contribution in [0.3, 0.4) is 0 Å². The van der Waals surface area contributed by atoms with Crippen LogP contribution in [-0.2, 0) is 0 Å². The summed E-state index contributed by atoms with van der Waals surface area (Å²) >= 11 is 1.64. The van der Waals surface area contributed by atoms with Gasteiger partial charge >= 0.3 is 0 Å². The highest BCUT2D eigenvalue weighted by Crippen LogP contribution is 2.31. The number of aromatic nitrogens is 2. The van der Waals surface area contributed by atoms with Crippen LogP contribution in [0.2, 0.25) is 0 Å². The number of nitrogens with one attached hydrogen (secondary N) is 1. The zero-order valence-electron chi connectivity index (χ0n) is 11.1. The number of nitrogens with zero attached hydrogens (tertiary/aromatic N) is 2. The minimum absolute atomic E-state index is 0.738. The minimum atomic E-state index is 0.738. The highest BCUT2D eigenvalue weighted by atomic mass is 32.1. The minimum Gasteiger partial charge on any atom is -0.398 e. The Morgan fingerprint density at radius 3 is 2.95 bits per heavy atom. The summed E-state index contributed by atoms with van der Waals surface area (Å²) < 4.78 is 1.17. The molecule has 4 aromatic rings. The molecule has 0 unspecified atom stereocenters. The second-order valence-corrected chi connectivity index (χ2v) is 5.67. The number of pyridine rings is 1. The van der Waals surface area contributed by atoms with Crippen LogP contribution in [0.15, 0.2) is 54.3 Å². The summed E-state index contributed by atoms with van der Waals surface area (Å²) in [6.07, 6.45) is 3.57. The van der Waals surface area contributed by atoms with Crippen LogP contribution in [0.25, 0.3) is 21.0 Å². The lowest BCUT2D eigenvalue weighted by molar-refractivity contribution is 1.36. The first-order valence-corrected chi connectivity index (χ1v) is 7.42. The SMILES string of the molecule is Nc1ccc(Nc2ccc3ncsc3c2)c2ccncc12. The summed E-state index contributed by atoms with van der Waals surface area (Å²) in [6, 6.07) is 12.0. The second-order valence-electron chi connectivity index (χ2n) is 4.78. The van der Waals surface area contributed by atoms with Crippen molar-refractivity contribution in [2.45, 2.75) is 0 Å². The quantitative estimate of drug-likeness (QED) is 0.544. The highest BCUT2D eigenvalue weighted by molar-refractivity contribution is 7.16. The Balaban J connectivity index is 1.81. The lowest BCUT2D eigenvalue weighted by Gasteiger charge is -2.11. The maximum absolute atomic E-state index is 6.00. The number of nitrogens with two attached hydrogens (primary N) is 1. The third-order valence-corrected chi connectivity index (χ3v) is 4.25. The molecule has 0 saturated heterocycles. The van der Waals surface area contributed by atoms with Gasteiger partial charge in [-0.1, -0.05) is 0 Å². The number of rotatable bonds is 2. The number of fused-ring (bicyclic) bond motifs is 2. The van der Waals surface area contributed by atoms with Gasteiger partial charge in [0.25, 0.3) is 0 Å². The Hall–Kier alpha value is -2.66. The molecule has 3 N–H and O–H groups in total. The first-order valence-electron chi connectivity index (χ1n) is 6.54. The molecule has 0 aliphatic rings. The van der Waals surface area contributed by atoms with Gasteiger partial charge in [0.05, 0.1) is 15.7 Å². The fraction of sp³-hybridized carbons (Fsp3) is 0. The molecule has 2 aromatic carbocycles. The predicted octanol–water partition coefficient (Wildman–Crippen LogP) is 4.17. The van der Waals surface area contributed by atoms with Gasteiger partial charge in [-0.15, -0.1) is 11.3 Å². The van der Waals surface area contributed by atoms with Crippen molar-refractivity contribution < 1.29 is 0 Å². The summed E-state index contributed by atoms with van der Waals surface area (Å²) in [6.45, 7) is 0. The number of hydrogen-bond donors (Lipinski definition) is 2. The molecule has 2 aromatic heterocycles. The Morgan fingerprint density at radius 2 is 2.00 bits per heavy atom. The zero-order chi connectivity index (χ0) is 14.2. The molecule has 0 fully saturated rings. The van der Waals surface area contributed by atoms with E-state index in [4.69, 9.17) is 5.73 Å². The van der Waals surface area contributed by atoms with E-state index in [0.29, 0.717) is 0 Å². The van der Waals surface area contributed by atoms with E-state index in [2.05, 4.69) is 21.4 Å². The van der Waals surface area contributed by atoms with Crippen molar-refractivity contribution in [1.82, 2.24) is 9.97 Å². The van der Waals surface area contributed by atoms with Crippen LogP contribution in [0.5, 0.6) is 0 Å². The zero-order valence-corrected chi connectivity index (χ0v) is 11.9. The molecule has 4 rings (SSSR count). The molecular formula is C16H12N4S. The van der Waals surface area contributed by atoms with Crippen LogP contribution >= 0.6 is 11.3 Å². The van der Waals surface area contributed by atoms with Crippen LogP contribution in [0, 0.1) is 0 Å². The number of nitrogen functional groups attached to an aromatic ring is 1. The summed E-state index contributed by atoms with van der Waals surface area (Å²) in [4.78, 5) is 8.44. The molecule has 0 bridgehead atoms. The van der Waals surface area contributed by atoms with Crippen molar-refractivity contribution in [3.63, 3.8) is 0 Å². The number of thiazole rings is 1. The van der Waals surface area contributed by atoms with Gasteiger partial charge in [-0.25, -0.2) is 4.98 Å². The fourth-order valence-corrected chi connectivity index (χ4v) is 3.13. The van der Waals surface area contributed by atoms with Crippen molar-refractivity contribution in [1.29, 1.82) is 0 Å². The van der Waals surface area contributed by atoms with Gasteiger partial charge < -0.3 is 11.1 Å². The van der Waals surface area contributed by atoms with Gasteiger partial charge in [-0.2, -0.15) is 0 Å². The van der Waals surface area contributed by atoms with E-state index in [0.717, 1.165) is 33.4 Å². The largest absolute Gasteiger partial charge is 0.398 e. The van der Waals surface area contributed by atoms with E-state index in [1.165, 1.54) is 4.70 Å². The van der Waals surface area contributed by atoms with Gasteiger partial charge in [0.15, 0.2) is 0 Å². The Kier molecular flexibility index (Phi) is 2.72. The summed E-state index contributed by atoms with van der Waals surface area (Å²) in [7, 11) is 0. The van der Waals surface area contributed by atoms with Gasteiger partial charge in [-0.3, -0.25) is 4.98 Å². The normalized spacial score (nSPS) is 11.0. The van der Waals surface area contributed by atoms with Crippen LogP contribution in [0.4, 0.5) is 17.1 Å². The van der Waals surface area contributed by atoms with Crippen molar-refractivity contribution in [2.75, 3.05) is 11.1 Å². The molecule has 0 amide bonds. The molecule has 2 heterocycles. The molecule has 4 nitrogen and oxygen atoms in total. The Labute approximate surface area is 125 Å².